The van der Waals surface area contributed by atoms with Gasteiger partial charge in [-0.25, -0.2) is 0 Å². The van der Waals surface area contributed by atoms with Crippen LogP contribution in [0.4, 0.5) is 5.69 Å². The molecule has 88 valence electrons. The number of halogens is 1. The van der Waals surface area contributed by atoms with Gasteiger partial charge in [-0.15, -0.1) is 11.3 Å². The molecule has 0 unspecified atom stereocenters. The first kappa shape index (κ1) is 12.3. The van der Waals surface area contributed by atoms with Gasteiger partial charge in [-0.05, 0) is 58.1 Å². The van der Waals surface area contributed by atoms with Crippen molar-refractivity contribution in [2.75, 3.05) is 5.73 Å². The second-order valence-corrected chi connectivity index (χ2v) is 5.72. The van der Waals surface area contributed by atoms with Gasteiger partial charge in [0.25, 0.3) is 0 Å². The first-order valence-corrected chi connectivity index (χ1v) is 6.86. The zero-order chi connectivity index (χ0) is 12.4. The molecule has 2 aromatic rings. The van der Waals surface area contributed by atoms with Gasteiger partial charge in [0, 0.05) is 27.0 Å². The summed E-state index contributed by atoms with van der Waals surface area (Å²) >= 11 is 5.02. The third-order valence-electron chi connectivity index (χ3n) is 2.60. The van der Waals surface area contributed by atoms with Crippen LogP contribution >= 0.6 is 27.3 Å². The molecule has 0 aliphatic carbocycles. The average molecular weight is 310 g/mol. The van der Waals surface area contributed by atoms with E-state index in [1.807, 2.05) is 24.4 Å². The van der Waals surface area contributed by atoms with Gasteiger partial charge >= 0.3 is 0 Å². The maximum absolute atomic E-state index is 12.1. The maximum atomic E-state index is 12.1. The number of aryl methyl sites for hydroxylation is 1. The molecule has 0 saturated heterocycles. The summed E-state index contributed by atoms with van der Waals surface area (Å²) in [4.78, 5) is 13.1. The van der Waals surface area contributed by atoms with Gasteiger partial charge in [0.2, 0.25) is 0 Å². The molecule has 0 amide bonds. The SMILES string of the molecule is Cc1cc(C(=O)Cc2sccc2Br)ccc1N. The average Bonchev–Trinajstić information content (AvgIpc) is 2.68. The Labute approximate surface area is 113 Å². The first-order chi connectivity index (χ1) is 8.08. The highest BCUT2D eigenvalue weighted by molar-refractivity contribution is 9.10. The molecule has 0 fully saturated rings. The van der Waals surface area contributed by atoms with Crippen LogP contribution in [0.1, 0.15) is 20.8 Å². The highest BCUT2D eigenvalue weighted by atomic mass is 79.9. The summed E-state index contributed by atoms with van der Waals surface area (Å²) in [6.07, 6.45) is 0.432. The minimum Gasteiger partial charge on any atom is -0.399 e. The van der Waals surface area contributed by atoms with Gasteiger partial charge in [-0.1, -0.05) is 0 Å². The molecule has 1 aromatic heterocycles. The van der Waals surface area contributed by atoms with E-state index in [1.54, 1.807) is 23.5 Å². The fraction of sp³-hybridized carbons (Fsp3) is 0.154. The topological polar surface area (TPSA) is 43.1 Å². The largest absolute Gasteiger partial charge is 0.399 e. The molecule has 2 nitrogen and oxygen atoms in total. The molecule has 17 heavy (non-hydrogen) atoms. The summed E-state index contributed by atoms with van der Waals surface area (Å²) in [7, 11) is 0. The monoisotopic (exact) mass is 309 g/mol. The predicted octanol–water partition coefficient (Wildman–Crippen LogP) is 3.83. The van der Waals surface area contributed by atoms with Crippen molar-refractivity contribution in [3.63, 3.8) is 0 Å². The summed E-state index contributed by atoms with van der Waals surface area (Å²) < 4.78 is 1.00. The number of hydrogen-bond acceptors (Lipinski definition) is 3. The van der Waals surface area contributed by atoms with Crippen molar-refractivity contribution < 1.29 is 4.79 Å². The zero-order valence-electron chi connectivity index (χ0n) is 9.37. The second kappa shape index (κ2) is 5.02. The minimum atomic E-state index is 0.122. The lowest BCUT2D eigenvalue weighted by atomic mass is 10.0. The summed E-state index contributed by atoms with van der Waals surface area (Å²) in [6.45, 7) is 1.91. The number of thiophene rings is 1. The van der Waals surface area contributed by atoms with Crippen LogP contribution in [-0.2, 0) is 6.42 Å². The number of anilines is 1. The van der Waals surface area contributed by atoms with E-state index < -0.39 is 0 Å². The van der Waals surface area contributed by atoms with E-state index in [-0.39, 0.29) is 5.78 Å². The normalized spacial score (nSPS) is 10.5. The molecule has 2 N–H and O–H groups in total. The number of Topliss-reactive ketones (excluding diaryl/α,β-unsaturated/α-hetero) is 1. The zero-order valence-corrected chi connectivity index (χ0v) is 11.8. The van der Waals surface area contributed by atoms with Crippen molar-refractivity contribution in [1.29, 1.82) is 0 Å². The molecule has 0 aliphatic rings. The smallest absolute Gasteiger partial charge is 0.168 e. The van der Waals surface area contributed by atoms with Crippen molar-refractivity contribution in [3.05, 3.63) is 50.1 Å². The molecule has 0 atom stereocenters. The van der Waals surface area contributed by atoms with Crippen molar-refractivity contribution in [3.8, 4) is 0 Å². The van der Waals surface area contributed by atoms with Crippen LogP contribution in [0.2, 0.25) is 0 Å². The lowest BCUT2D eigenvalue weighted by molar-refractivity contribution is 0.0993. The van der Waals surface area contributed by atoms with E-state index in [0.29, 0.717) is 6.42 Å². The second-order valence-electron chi connectivity index (χ2n) is 3.86. The van der Waals surface area contributed by atoms with E-state index in [4.69, 9.17) is 5.73 Å². The Kier molecular flexibility index (Phi) is 3.64. The fourth-order valence-corrected chi connectivity index (χ4v) is 3.04. The van der Waals surface area contributed by atoms with E-state index in [9.17, 15) is 4.79 Å². The van der Waals surface area contributed by atoms with Crippen LogP contribution in [0.3, 0.4) is 0 Å². The summed E-state index contributed by atoms with van der Waals surface area (Å²) in [5.74, 6) is 0.122. The van der Waals surface area contributed by atoms with Crippen molar-refractivity contribution in [1.82, 2.24) is 0 Å². The van der Waals surface area contributed by atoms with E-state index in [1.165, 1.54) is 0 Å². The third kappa shape index (κ3) is 2.76. The maximum Gasteiger partial charge on any atom is 0.168 e. The molecule has 1 heterocycles. The number of benzene rings is 1. The lowest BCUT2D eigenvalue weighted by Gasteiger charge is -2.04. The number of nitrogen functional groups attached to an aromatic ring is 1. The molecule has 4 heteroatoms. The highest BCUT2D eigenvalue weighted by Crippen LogP contribution is 2.24. The van der Waals surface area contributed by atoms with Gasteiger partial charge < -0.3 is 5.73 Å². The van der Waals surface area contributed by atoms with Crippen LogP contribution < -0.4 is 5.73 Å². The third-order valence-corrected chi connectivity index (χ3v) is 4.53. The highest BCUT2D eigenvalue weighted by Gasteiger charge is 2.11. The number of nitrogens with two attached hydrogens (primary N) is 1. The number of carbonyl (C=O) groups excluding carboxylic acids is 1. The Bertz CT molecular complexity index is 562. The van der Waals surface area contributed by atoms with Crippen molar-refractivity contribution in [2.24, 2.45) is 0 Å². The Morgan fingerprint density at radius 1 is 1.41 bits per heavy atom. The minimum absolute atomic E-state index is 0.122. The molecular formula is C13H12BrNOS. The number of ketones is 1. The Balaban J connectivity index is 2.20. The molecule has 2 rings (SSSR count). The fourth-order valence-electron chi connectivity index (χ4n) is 1.55. The molecular weight excluding hydrogens is 298 g/mol. The first-order valence-electron chi connectivity index (χ1n) is 5.19. The number of carbonyl (C=O) groups is 1. The summed E-state index contributed by atoms with van der Waals surface area (Å²) in [5, 5.41) is 1.97. The molecule has 0 spiro atoms. The Morgan fingerprint density at radius 3 is 2.76 bits per heavy atom. The molecule has 0 bridgehead atoms. The van der Waals surface area contributed by atoms with Crippen LogP contribution in [0.15, 0.2) is 34.1 Å². The van der Waals surface area contributed by atoms with E-state index >= 15 is 0 Å². The summed E-state index contributed by atoms with van der Waals surface area (Å²) in [6, 6.07) is 7.37. The van der Waals surface area contributed by atoms with Gasteiger partial charge in [-0.2, -0.15) is 0 Å². The van der Waals surface area contributed by atoms with Crippen LogP contribution in [0, 0.1) is 6.92 Å². The number of rotatable bonds is 3. The van der Waals surface area contributed by atoms with Gasteiger partial charge in [-0.3, -0.25) is 4.79 Å². The molecule has 0 saturated carbocycles. The number of hydrogen-bond donors (Lipinski definition) is 1. The van der Waals surface area contributed by atoms with Crippen LogP contribution in [-0.4, -0.2) is 5.78 Å². The molecule has 1 aromatic carbocycles. The van der Waals surface area contributed by atoms with Crippen LogP contribution in [0.25, 0.3) is 0 Å². The Morgan fingerprint density at radius 2 is 2.18 bits per heavy atom. The van der Waals surface area contributed by atoms with E-state index in [0.717, 1.165) is 26.2 Å². The standard InChI is InChI=1S/C13H12BrNOS/c1-8-6-9(2-3-11(8)15)12(16)7-13-10(14)4-5-17-13/h2-6H,7,15H2,1H3. The molecule has 0 aliphatic heterocycles. The Hall–Kier alpha value is -1.13. The summed E-state index contributed by atoms with van der Waals surface area (Å²) in [5.41, 5.74) is 8.12. The van der Waals surface area contributed by atoms with Crippen LogP contribution in [0.5, 0.6) is 0 Å². The van der Waals surface area contributed by atoms with Gasteiger partial charge in [0.15, 0.2) is 5.78 Å². The van der Waals surface area contributed by atoms with E-state index in [2.05, 4.69) is 15.9 Å². The predicted molar refractivity (Wildman–Crippen MR) is 75.6 cm³/mol. The lowest BCUT2D eigenvalue weighted by Crippen LogP contribution is -2.03. The van der Waals surface area contributed by atoms with Gasteiger partial charge in [0.05, 0.1) is 0 Å². The quantitative estimate of drug-likeness (QED) is 0.691. The molecule has 0 radical (unpaired) electrons. The van der Waals surface area contributed by atoms with Crippen molar-refractivity contribution in [2.45, 2.75) is 13.3 Å². The van der Waals surface area contributed by atoms with Gasteiger partial charge in [0.1, 0.15) is 0 Å². The van der Waals surface area contributed by atoms with Crippen molar-refractivity contribution >= 4 is 38.7 Å².